The van der Waals surface area contributed by atoms with Gasteiger partial charge < -0.3 is 5.32 Å². The Morgan fingerprint density at radius 2 is 2.20 bits per heavy atom. The van der Waals surface area contributed by atoms with Crippen molar-refractivity contribution in [1.82, 2.24) is 4.90 Å². The van der Waals surface area contributed by atoms with Crippen molar-refractivity contribution in [3.8, 4) is 0 Å². The molecule has 0 saturated heterocycles. The van der Waals surface area contributed by atoms with Gasteiger partial charge in [0.1, 0.15) is 0 Å². The largest absolute Gasteiger partial charge is 0.385 e. The monoisotopic (exact) mass is 284 g/mol. The molecule has 0 aliphatic carbocycles. The van der Waals surface area contributed by atoms with Crippen molar-refractivity contribution in [3.05, 3.63) is 51.2 Å². The van der Waals surface area contributed by atoms with Crippen LogP contribution < -0.4 is 5.32 Å². The number of benzene rings is 1. The Balaban J connectivity index is 1.55. The van der Waals surface area contributed by atoms with Gasteiger partial charge in [0, 0.05) is 36.7 Å². The van der Waals surface area contributed by atoms with Crippen LogP contribution >= 0.6 is 11.3 Å². The maximum absolute atomic E-state index is 3.53. The van der Waals surface area contributed by atoms with Gasteiger partial charge in [-0.3, -0.25) is 4.90 Å². The molecular formula is C17H20N2S. The number of thiophene rings is 1. The fourth-order valence-electron chi connectivity index (χ4n) is 3.41. The van der Waals surface area contributed by atoms with Gasteiger partial charge in [-0.05, 0) is 53.5 Å². The van der Waals surface area contributed by atoms with Crippen LogP contribution in [0.15, 0.2) is 29.6 Å². The predicted molar refractivity (Wildman–Crippen MR) is 85.4 cm³/mol. The van der Waals surface area contributed by atoms with Crippen LogP contribution in [0, 0.1) is 0 Å². The quantitative estimate of drug-likeness (QED) is 0.905. The van der Waals surface area contributed by atoms with Crippen LogP contribution in [0.1, 0.15) is 28.0 Å². The molecule has 3 heterocycles. The Hall–Kier alpha value is -1.32. The maximum Gasteiger partial charge on any atom is 0.0375 e. The summed E-state index contributed by atoms with van der Waals surface area (Å²) in [6.07, 6.45) is 3.72. The summed E-state index contributed by atoms with van der Waals surface area (Å²) in [5.41, 5.74) is 5.98. The normalized spacial score (nSPS) is 18.2. The molecule has 3 heteroatoms. The van der Waals surface area contributed by atoms with Gasteiger partial charge in [-0.1, -0.05) is 12.1 Å². The molecular weight excluding hydrogens is 264 g/mol. The van der Waals surface area contributed by atoms with Gasteiger partial charge in [-0.2, -0.15) is 0 Å². The molecule has 2 nitrogen and oxygen atoms in total. The molecule has 0 radical (unpaired) electrons. The lowest BCUT2D eigenvalue weighted by molar-refractivity contribution is 0.247. The summed E-state index contributed by atoms with van der Waals surface area (Å²) in [5, 5.41) is 5.77. The first-order chi connectivity index (χ1) is 9.90. The molecule has 104 valence electrons. The summed E-state index contributed by atoms with van der Waals surface area (Å²) in [6.45, 7) is 4.54. The number of fused-ring (bicyclic) bond motifs is 2. The third kappa shape index (κ3) is 2.25. The molecule has 2 aliphatic heterocycles. The van der Waals surface area contributed by atoms with Crippen molar-refractivity contribution < 1.29 is 0 Å². The smallest absolute Gasteiger partial charge is 0.0375 e. The van der Waals surface area contributed by atoms with Crippen LogP contribution in [0.5, 0.6) is 0 Å². The van der Waals surface area contributed by atoms with E-state index in [0.29, 0.717) is 0 Å². The van der Waals surface area contributed by atoms with E-state index in [1.807, 2.05) is 11.3 Å². The second-order valence-corrected chi connectivity index (χ2v) is 6.80. The van der Waals surface area contributed by atoms with E-state index in [1.54, 1.807) is 16.0 Å². The van der Waals surface area contributed by atoms with E-state index in [1.165, 1.54) is 37.1 Å². The van der Waals surface area contributed by atoms with Gasteiger partial charge in [0.25, 0.3) is 0 Å². The van der Waals surface area contributed by atoms with Crippen molar-refractivity contribution in [2.24, 2.45) is 0 Å². The summed E-state index contributed by atoms with van der Waals surface area (Å²) in [4.78, 5) is 4.19. The summed E-state index contributed by atoms with van der Waals surface area (Å²) in [7, 11) is 0. The molecule has 0 unspecified atom stereocenters. The zero-order valence-electron chi connectivity index (χ0n) is 11.7. The van der Waals surface area contributed by atoms with Gasteiger partial charge in [0.05, 0.1) is 0 Å². The van der Waals surface area contributed by atoms with Crippen LogP contribution in [0.4, 0.5) is 5.69 Å². The van der Waals surface area contributed by atoms with Crippen LogP contribution in [-0.4, -0.2) is 18.0 Å². The standard InChI is InChI=1S/C17H20N2S/c1-3-13(15-4-2-8-18-16(15)5-1)11-19-9-6-17-14(12-19)7-10-20-17/h1,3,5,7,10,18H,2,4,6,8-9,11-12H2. The Bertz CT molecular complexity index is 617. The number of hydrogen-bond acceptors (Lipinski definition) is 3. The van der Waals surface area contributed by atoms with Crippen LogP contribution in [0.3, 0.4) is 0 Å². The van der Waals surface area contributed by atoms with E-state index < -0.39 is 0 Å². The Kier molecular flexibility index (Phi) is 3.25. The van der Waals surface area contributed by atoms with Gasteiger partial charge in [0.15, 0.2) is 0 Å². The lowest BCUT2D eigenvalue weighted by Crippen LogP contribution is -2.29. The molecule has 1 aromatic heterocycles. The number of nitrogens with zero attached hydrogens (tertiary/aromatic N) is 1. The summed E-state index contributed by atoms with van der Waals surface area (Å²) in [5.74, 6) is 0. The van der Waals surface area contributed by atoms with Gasteiger partial charge in [-0.15, -0.1) is 11.3 Å². The molecule has 1 N–H and O–H groups in total. The van der Waals surface area contributed by atoms with Crippen molar-refractivity contribution in [1.29, 1.82) is 0 Å². The van der Waals surface area contributed by atoms with E-state index in [9.17, 15) is 0 Å². The second kappa shape index (κ2) is 5.23. The Morgan fingerprint density at radius 3 is 3.20 bits per heavy atom. The molecule has 0 atom stereocenters. The highest BCUT2D eigenvalue weighted by Gasteiger charge is 2.19. The lowest BCUT2D eigenvalue weighted by Gasteiger charge is -2.29. The molecule has 0 amide bonds. The lowest BCUT2D eigenvalue weighted by atomic mass is 9.96. The SMILES string of the molecule is c1cc(CN2CCc3sccc3C2)c2c(c1)NCCC2. The molecule has 2 aromatic rings. The first-order valence-electron chi connectivity index (χ1n) is 7.52. The van der Waals surface area contributed by atoms with E-state index >= 15 is 0 Å². The summed E-state index contributed by atoms with van der Waals surface area (Å²) >= 11 is 1.92. The third-order valence-electron chi connectivity index (χ3n) is 4.47. The topological polar surface area (TPSA) is 15.3 Å². The number of rotatable bonds is 2. The third-order valence-corrected chi connectivity index (χ3v) is 5.50. The second-order valence-electron chi connectivity index (χ2n) is 5.80. The molecule has 4 rings (SSSR count). The van der Waals surface area contributed by atoms with Crippen molar-refractivity contribution in [2.75, 3.05) is 18.4 Å². The minimum atomic E-state index is 1.10. The Labute approximate surface area is 124 Å². The average molecular weight is 284 g/mol. The highest BCUT2D eigenvalue weighted by molar-refractivity contribution is 7.10. The Morgan fingerprint density at radius 1 is 1.20 bits per heavy atom. The summed E-state index contributed by atoms with van der Waals surface area (Å²) in [6, 6.07) is 9.04. The number of hydrogen-bond donors (Lipinski definition) is 1. The van der Waals surface area contributed by atoms with Crippen LogP contribution in [-0.2, 0) is 25.9 Å². The maximum atomic E-state index is 3.53. The molecule has 2 aliphatic rings. The zero-order valence-corrected chi connectivity index (χ0v) is 12.5. The molecule has 0 saturated carbocycles. The van der Waals surface area contributed by atoms with Crippen LogP contribution in [0.25, 0.3) is 0 Å². The molecule has 1 aromatic carbocycles. The van der Waals surface area contributed by atoms with Crippen molar-refractivity contribution in [3.63, 3.8) is 0 Å². The predicted octanol–water partition coefficient (Wildman–Crippen LogP) is 3.66. The molecule has 0 fully saturated rings. The van der Waals surface area contributed by atoms with Crippen molar-refractivity contribution in [2.45, 2.75) is 32.4 Å². The molecule has 0 bridgehead atoms. The number of anilines is 1. The minimum Gasteiger partial charge on any atom is -0.385 e. The molecule has 20 heavy (non-hydrogen) atoms. The highest BCUT2D eigenvalue weighted by atomic mass is 32.1. The van der Waals surface area contributed by atoms with Gasteiger partial charge in [0.2, 0.25) is 0 Å². The number of nitrogens with one attached hydrogen (secondary N) is 1. The van der Waals surface area contributed by atoms with E-state index in [0.717, 1.165) is 19.6 Å². The van der Waals surface area contributed by atoms with Gasteiger partial charge >= 0.3 is 0 Å². The fourth-order valence-corrected chi connectivity index (χ4v) is 4.30. The van der Waals surface area contributed by atoms with E-state index in [-0.39, 0.29) is 0 Å². The highest BCUT2D eigenvalue weighted by Crippen LogP contribution is 2.29. The summed E-state index contributed by atoms with van der Waals surface area (Å²) < 4.78 is 0. The van der Waals surface area contributed by atoms with Crippen molar-refractivity contribution >= 4 is 17.0 Å². The first kappa shape index (κ1) is 12.4. The zero-order chi connectivity index (χ0) is 13.4. The van der Waals surface area contributed by atoms with Gasteiger partial charge in [-0.25, -0.2) is 0 Å². The van der Waals surface area contributed by atoms with E-state index in [2.05, 4.69) is 39.9 Å². The van der Waals surface area contributed by atoms with Crippen LogP contribution in [0.2, 0.25) is 0 Å². The molecule has 0 spiro atoms. The first-order valence-corrected chi connectivity index (χ1v) is 8.40. The van der Waals surface area contributed by atoms with E-state index in [4.69, 9.17) is 0 Å². The average Bonchev–Trinajstić information content (AvgIpc) is 2.95. The fraction of sp³-hybridized carbons (Fsp3) is 0.412. The minimum absolute atomic E-state index is 1.10.